The van der Waals surface area contributed by atoms with E-state index >= 15 is 0 Å². The number of rotatable bonds is 2. The lowest BCUT2D eigenvalue weighted by molar-refractivity contribution is 0.557. The van der Waals surface area contributed by atoms with Crippen LogP contribution in [0.1, 0.15) is 24.4 Å². The molecule has 1 aliphatic rings. The van der Waals surface area contributed by atoms with Crippen LogP contribution in [0.3, 0.4) is 0 Å². The Morgan fingerprint density at radius 3 is 2.77 bits per heavy atom. The van der Waals surface area contributed by atoms with Gasteiger partial charge in [0.2, 0.25) is 0 Å². The van der Waals surface area contributed by atoms with Gasteiger partial charge in [0.1, 0.15) is 17.5 Å². The quantitative estimate of drug-likeness (QED) is 0.918. The Kier molecular flexibility index (Phi) is 3.56. The third-order valence-electron chi connectivity index (χ3n) is 4.00. The average Bonchev–Trinajstić information content (AvgIpc) is 2.94. The second-order valence-corrected chi connectivity index (χ2v) is 5.37. The van der Waals surface area contributed by atoms with Crippen molar-refractivity contribution in [2.45, 2.75) is 18.9 Å². The molecule has 1 aliphatic heterocycles. The topological polar surface area (TPSA) is 58.1 Å². The molecule has 1 saturated heterocycles. The number of halogens is 2. The maximum absolute atomic E-state index is 14.0. The van der Waals surface area contributed by atoms with Gasteiger partial charge in [-0.3, -0.25) is 14.3 Å². The van der Waals surface area contributed by atoms with Crippen LogP contribution in [0.2, 0.25) is 0 Å². The highest BCUT2D eigenvalue weighted by Gasteiger charge is 2.30. The zero-order valence-corrected chi connectivity index (χ0v) is 12.0. The van der Waals surface area contributed by atoms with Crippen LogP contribution in [0.25, 0.3) is 0 Å². The number of anilines is 1. The minimum Gasteiger partial charge on any atom is -0.351 e. The fourth-order valence-electron chi connectivity index (χ4n) is 2.95. The highest BCUT2D eigenvalue weighted by molar-refractivity contribution is 5.44. The molecular formula is C15H15F2N3O2. The first-order valence-electron chi connectivity index (χ1n) is 6.99. The van der Waals surface area contributed by atoms with Crippen LogP contribution in [0, 0.1) is 11.6 Å². The Labute approximate surface area is 124 Å². The number of nitrogens with zero attached hydrogens (tertiary/aromatic N) is 2. The van der Waals surface area contributed by atoms with Crippen molar-refractivity contribution in [3.05, 3.63) is 62.3 Å². The fourth-order valence-corrected chi connectivity index (χ4v) is 2.95. The second-order valence-electron chi connectivity index (χ2n) is 5.37. The summed E-state index contributed by atoms with van der Waals surface area (Å²) in [6.45, 7) is 0.567. The van der Waals surface area contributed by atoms with Gasteiger partial charge in [-0.25, -0.2) is 13.6 Å². The molecule has 0 amide bonds. The van der Waals surface area contributed by atoms with Crippen LogP contribution in [-0.2, 0) is 7.05 Å². The van der Waals surface area contributed by atoms with Gasteiger partial charge >= 0.3 is 5.69 Å². The summed E-state index contributed by atoms with van der Waals surface area (Å²) in [6.07, 6.45) is 1.39. The molecule has 1 N–H and O–H groups in total. The monoisotopic (exact) mass is 307 g/mol. The molecule has 1 aromatic carbocycles. The summed E-state index contributed by atoms with van der Waals surface area (Å²) in [5.74, 6) is -0.601. The Balaban J connectivity index is 2.10. The van der Waals surface area contributed by atoms with Crippen LogP contribution < -0.4 is 16.1 Å². The fraction of sp³-hybridized carbons (Fsp3) is 0.333. The molecule has 0 bridgehead atoms. The first kappa shape index (κ1) is 14.5. The standard InChI is InChI=1S/C15H15F2N3O2/c1-19-14(8-13(21)18-15(19)22)20-6-2-3-12(20)10-7-9(16)4-5-11(10)17/h4-5,7-8,12H,2-3,6H2,1H3,(H,18,21,22). The maximum Gasteiger partial charge on any atom is 0.329 e. The molecule has 0 saturated carbocycles. The summed E-state index contributed by atoms with van der Waals surface area (Å²) in [5, 5.41) is 0. The highest BCUT2D eigenvalue weighted by Crippen LogP contribution is 2.36. The summed E-state index contributed by atoms with van der Waals surface area (Å²) in [4.78, 5) is 27.2. The van der Waals surface area contributed by atoms with Crippen molar-refractivity contribution in [2.75, 3.05) is 11.4 Å². The molecule has 0 aliphatic carbocycles. The number of hydrogen-bond donors (Lipinski definition) is 1. The van der Waals surface area contributed by atoms with Gasteiger partial charge < -0.3 is 4.90 Å². The summed E-state index contributed by atoms with van der Waals surface area (Å²) in [5.41, 5.74) is -0.804. The molecule has 1 unspecified atom stereocenters. The average molecular weight is 307 g/mol. The van der Waals surface area contributed by atoms with Crippen LogP contribution in [0.4, 0.5) is 14.6 Å². The van der Waals surface area contributed by atoms with Crippen molar-refractivity contribution in [1.82, 2.24) is 9.55 Å². The van der Waals surface area contributed by atoms with E-state index in [1.165, 1.54) is 23.7 Å². The first-order valence-corrected chi connectivity index (χ1v) is 6.99. The lowest BCUT2D eigenvalue weighted by atomic mass is 10.0. The number of H-pyrrole nitrogens is 1. The molecule has 0 radical (unpaired) electrons. The van der Waals surface area contributed by atoms with Crippen LogP contribution in [0.5, 0.6) is 0 Å². The molecule has 22 heavy (non-hydrogen) atoms. The van der Waals surface area contributed by atoms with Crippen molar-refractivity contribution in [3.8, 4) is 0 Å². The number of benzene rings is 1. The minimum absolute atomic E-state index is 0.241. The van der Waals surface area contributed by atoms with Crippen molar-refractivity contribution < 1.29 is 8.78 Å². The molecule has 2 aromatic rings. The summed E-state index contributed by atoms with van der Waals surface area (Å²) < 4.78 is 28.8. The van der Waals surface area contributed by atoms with Crippen LogP contribution in [-0.4, -0.2) is 16.1 Å². The van der Waals surface area contributed by atoms with Gasteiger partial charge in [0, 0.05) is 25.2 Å². The molecular weight excluding hydrogens is 292 g/mol. The van der Waals surface area contributed by atoms with Gasteiger partial charge in [0.15, 0.2) is 0 Å². The van der Waals surface area contributed by atoms with E-state index in [1.807, 2.05) is 0 Å². The highest BCUT2D eigenvalue weighted by atomic mass is 19.1. The largest absolute Gasteiger partial charge is 0.351 e. The molecule has 1 aromatic heterocycles. The Morgan fingerprint density at radius 1 is 1.23 bits per heavy atom. The Hall–Kier alpha value is -2.44. The third-order valence-corrected chi connectivity index (χ3v) is 4.00. The lowest BCUT2D eigenvalue weighted by Gasteiger charge is -2.28. The van der Waals surface area contributed by atoms with E-state index in [4.69, 9.17) is 0 Å². The van der Waals surface area contributed by atoms with Crippen molar-refractivity contribution >= 4 is 5.82 Å². The maximum atomic E-state index is 14.0. The van der Waals surface area contributed by atoms with E-state index in [9.17, 15) is 18.4 Å². The predicted octanol–water partition coefficient (Wildman–Crippen LogP) is 1.69. The van der Waals surface area contributed by atoms with Gasteiger partial charge in [-0.2, -0.15) is 0 Å². The molecule has 5 nitrogen and oxygen atoms in total. The van der Waals surface area contributed by atoms with E-state index in [2.05, 4.69) is 4.98 Å². The van der Waals surface area contributed by atoms with Gasteiger partial charge in [-0.1, -0.05) is 0 Å². The number of aromatic amines is 1. The van der Waals surface area contributed by atoms with Gasteiger partial charge in [-0.05, 0) is 31.0 Å². The molecule has 116 valence electrons. The molecule has 1 atom stereocenters. The van der Waals surface area contributed by atoms with Gasteiger partial charge in [-0.15, -0.1) is 0 Å². The second kappa shape index (κ2) is 5.40. The number of hydrogen-bond acceptors (Lipinski definition) is 3. The van der Waals surface area contributed by atoms with Crippen LogP contribution in [0.15, 0.2) is 33.9 Å². The predicted molar refractivity (Wildman–Crippen MR) is 78.0 cm³/mol. The SMILES string of the molecule is Cn1c(N2CCCC2c2cc(F)ccc2F)cc(=O)[nH]c1=O. The van der Waals surface area contributed by atoms with Gasteiger partial charge in [0.25, 0.3) is 5.56 Å². The number of nitrogens with one attached hydrogen (secondary N) is 1. The number of aromatic nitrogens is 2. The van der Waals surface area contributed by atoms with Gasteiger partial charge in [0.05, 0.1) is 6.04 Å². The Morgan fingerprint density at radius 2 is 2.00 bits per heavy atom. The van der Waals surface area contributed by atoms with E-state index < -0.39 is 28.9 Å². The molecule has 0 spiro atoms. The van der Waals surface area contributed by atoms with E-state index in [0.717, 1.165) is 18.6 Å². The zero-order chi connectivity index (χ0) is 15.9. The lowest BCUT2D eigenvalue weighted by Crippen LogP contribution is -2.35. The molecule has 3 rings (SSSR count). The molecule has 1 fully saturated rings. The zero-order valence-electron chi connectivity index (χ0n) is 12.0. The van der Waals surface area contributed by atoms with E-state index in [1.54, 1.807) is 4.90 Å². The summed E-state index contributed by atoms with van der Waals surface area (Å²) in [7, 11) is 1.53. The van der Waals surface area contributed by atoms with Crippen molar-refractivity contribution in [1.29, 1.82) is 0 Å². The summed E-state index contributed by atoms with van der Waals surface area (Å²) >= 11 is 0. The first-order chi connectivity index (χ1) is 10.5. The van der Waals surface area contributed by atoms with E-state index in [-0.39, 0.29) is 5.56 Å². The Bertz CT molecular complexity index is 828. The molecule has 2 heterocycles. The van der Waals surface area contributed by atoms with E-state index in [0.29, 0.717) is 18.8 Å². The molecule has 7 heteroatoms. The smallest absolute Gasteiger partial charge is 0.329 e. The minimum atomic E-state index is -0.534. The van der Waals surface area contributed by atoms with Crippen molar-refractivity contribution in [2.24, 2.45) is 7.05 Å². The third kappa shape index (κ3) is 2.43. The normalized spacial score (nSPS) is 18.0. The van der Waals surface area contributed by atoms with Crippen LogP contribution >= 0.6 is 0 Å². The van der Waals surface area contributed by atoms with Crippen molar-refractivity contribution in [3.63, 3.8) is 0 Å². The summed E-state index contributed by atoms with van der Waals surface area (Å²) in [6, 6.07) is 4.24.